The van der Waals surface area contributed by atoms with Crippen molar-refractivity contribution in [2.45, 2.75) is 13.3 Å². The highest BCUT2D eigenvalue weighted by atomic mass is 16.4. The number of carboxylic acid groups (broad SMARTS) is 1. The molecule has 0 heterocycles. The van der Waals surface area contributed by atoms with Crippen LogP contribution >= 0.6 is 0 Å². The maximum atomic E-state index is 10.4. The highest BCUT2D eigenvalue weighted by Crippen LogP contribution is 2.20. The Kier molecular flexibility index (Phi) is 4.14. The second kappa shape index (κ2) is 6.01. The molecule has 96 valence electrons. The molecule has 0 saturated heterocycles. The zero-order valence-corrected chi connectivity index (χ0v) is 10.8. The normalized spacial score (nSPS) is 10.8. The minimum atomic E-state index is -0.931. The fraction of sp³-hybridized carbons (Fsp3) is 0.118. The largest absolute Gasteiger partial charge is 0.478 e. The molecule has 2 rings (SSSR count). The zero-order chi connectivity index (χ0) is 13.7. The summed E-state index contributed by atoms with van der Waals surface area (Å²) in [5.74, 6) is -0.931. The van der Waals surface area contributed by atoms with Crippen molar-refractivity contribution in [3.63, 3.8) is 0 Å². The molecule has 0 atom stereocenters. The fourth-order valence-electron chi connectivity index (χ4n) is 1.89. The van der Waals surface area contributed by atoms with Gasteiger partial charge in [0.25, 0.3) is 0 Å². The van der Waals surface area contributed by atoms with Gasteiger partial charge in [0.15, 0.2) is 0 Å². The van der Waals surface area contributed by atoms with Crippen molar-refractivity contribution in [2.75, 3.05) is 0 Å². The number of hydrogen-bond acceptors (Lipinski definition) is 1. The predicted octanol–water partition coefficient (Wildman–Crippen LogP) is 4.01. The van der Waals surface area contributed by atoms with Crippen LogP contribution in [0.15, 0.2) is 54.6 Å². The van der Waals surface area contributed by atoms with E-state index in [9.17, 15) is 4.79 Å². The van der Waals surface area contributed by atoms with Crippen LogP contribution in [0.4, 0.5) is 0 Å². The molecular formula is C17H16O2. The van der Waals surface area contributed by atoms with Gasteiger partial charge in [0.2, 0.25) is 0 Å². The van der Waals surface area contributed by atoms with Crippen molar-refractivity contribution >= 4 is 12.0 Å². The molecular weight excluding hydrogens is 236 g/mol. The van der Waals surface area contributed by atoms with Crippen molar-refractivity contribution in [3.05, 3.63) is 65.7 Å². The summed E-state index contributed by atoms with van der Waals surface area (Å²) in [7, 11) is 0. The lowest BCUT2D eigenvalue weighted by Crippen LogP contribution is -1.86. The van der Waals surface area contributed by atoms with E-state index in [1.54, 1.807) is 6.08 Å². The Hall–Kier alpha value is -2.35. The summed E-state index contributed by atoms with van der Waals surface area (Å²) in [6, 6.07) is 16.3. The van der Waals surface area contributed by atoms with Crippen molar-refractivity contribution < 1.29 is 9.90 Å². The third kappa shape index (κ3) is 3.55. The van der Waals surface area contributed by atoms with Gasteiger partial charge in [-0.05, 0) is 34.8 Å². The molecule has 2 nitrogen and oxygen atoms in total. The first-order chi connectivity index (χ1) is 9.19. The van der Waals surface area contributed by atoms with Crippen LogP contribution in [0.1, 0.15) is 18.1 Å². The molecule has 1 N–H and O–H groups in total. The van der Waals surface area contributed by atoms with E-state index in [1.807, 2.05) is 24.3 Å². The molecule has 0 spiro atoms. The summed E-state index contributed by atoms with van der Waals surface area (Å²) in [5, 5.41) is 8.57. The highest BCUT2D eigenvalue weighted by Gasteiger charge is 1.97. The zero-order valence-electron chi connectivity index (χ0n) is 10.8. The molecule has 0 saturated carbocycles. The standard InChI is InChI=1S/C17H16O2/c1-2-13-3-8-15(9-4-13)16-10-5-14(6-11-16)7-12-17(18)19/h3-12H,2H2,1H3,(H,18,19)/b12-7-. The van der Waals surface area contributed by atoms with Gasteiger partial charge in [-0.25, -0.2) is 4.79 Å². The van der Waals surface area contributed by atoms with Gasteiger partial charge in [0, 0.05) is 6.08 Å². The molecule has 0 fully saturated rings. The predicted molar refractivity (Wildman–Crippen MR) is 77.9 cm³/mol. The highest BCUT2D eigenvalue weighted by molar-refractivity contribution is 5.85. The van der Waals surface area contributed by atoms with Crippen LogP contribution in [-0.2, 0) is 11.2 Å². The molecule has 19 heavy (non-hydrogen) atoms. The SMILES string of the molecule is CCc1ccc(-c2ccc(/C=C\C(=O)O)cc2)cc1. The third-order valence-corrected chi connectivity index (χ3v) is 3.02. The molecule has 0 radical (unpaired) electrons. The van der Waals surface area contributed by atoms with Crippen molar-refractivity contribution in [1.82, 2.24) is 0 Å². The van der Waals surface area contributed by atoms with Crippen molar-refractivity contribution in [2.24, 2.45) is 0 Å². The third-order valence-electron chi connectivity index (χ3n) is 3.02. The van der Waals surface area contributed by atoms with Gasteiger partial charge >= 0.3 is 5.97 Å². The Balaban J connectivity index is 2.19. The average Bonchev–Trinajstić information content (AvgIpc) is 2.46. The molecule has 2 aromatic rings. The smallest absolute Gasteiger partial charge is 0.328 e. The van der Waals surface area contributed by atoms with E-state index in [1.165, 1.54) is 11.1 Å². The summed E-state index contributed by atoms with van der Waals surface area (Å²) in [6.07, 6.45) is 3.77. The average molecular weight is 252 g/mol. The van der Waals surface area contributed by atoms with Crippen molar-refractivity contribution in [3.8, 4) is 11.1 Å². The Labute approximate surface area is 113 Å². The minimum absolute atomic E-state index is 0.885. The van der Waals surface area contributed by atoms with Gasteiger partial charge in [-0.1, -0.05) is 55.5 Å². The second-order valence-electron chi connectivity index (χ2n) is 4.34. The Morgan fingerprint density at radius 3 is 2.00 bits per heavy atom. The van der Waals surface area contributed by atoms with Crippen LogP contribution in [0.3, 0.4) is 0 Å². The van der Waals surface area contributed by atoms with E-state index in [-0.39, 0.29) is 0 Å². The Morgan fingerprint density at radius 2 is 1.53 bits per heavy atom. The molecule has 2 aromatic carbocycles. The fourth-order valence-corrected chi connectivity index (χ4v) is 1.89. The van der Waals surface area contributed by atoms with Gasteiger partial charge in [-0.3, -0.25) is 0 Å². The van der Waals surface area contributed by atoms with E-state index in [4.69, 9.17) is 5.11 Å². The summed E-state index contributed by atoms with van der Waals surface area (Å²) in [5.41, 5.74) is 4.52. The maximum absolute atomic E-state index is 10.4. The first kappa shape index (κ1) is 13.1. The Bertz CT molecular complexity index is 578. The van der Waals surface area contributed by atoms with E-state index in [2.05, 4.69) is 31.2 Å². The quantitative estimate of drug-likeness (QED) is 0.835. The van der Waals surface area contributed by atoms with Crippen LogP contribution < -0.4 is 0 Å². The molecule has 0 bridgehead atoms. The molecule has 0 aliphatic carbocycles. The molecule has 0 aromatic heterocycles. The monoisotopic (exact) mass is 252 g/mol. The van der Waals surface area contributed by atoms with E-state index < -0.39 is 5.97 Å². The van der Waals surface area contributed by atoms with E-state index >= 15 is 0 Å². The van der Waals surface area contributed by atoms with Gasteiger partial charge in [-0.15, -0.1) is 0 Å². The van der Waals surface area contributed by atoms with Crippen LogP contribution in [0.2, 0.25) is 0 Å². The van der Waals surface area contributed by atoms with E-state index in [0.717, 1.165) is 23.6 Å². The molecule has 0 aliphatic rings. The molecule has 0 unspecified atom stereocenters. The number of carboxylic acids is 1. The van der Waals surface area contributed by atoms with Gasteiger partial charge in [0.05, 0.1) is 0 Å². The summed E-state index contributed by atoms with van der Waals surface area (Å²) in [6.45, 7) is 2.14. The minimum Gasteiger partial charge on any atom is -0.478 e. The lowest BCUT2D eigenvalue weighted by atomic mass is 10.0. The topological polar surface area (TPSA) is 37.3 Å². The number of carbonyl (C=O) groups is 1. The maximum Gasteiger partial charge on any atom is 0.328 e. The van der Waals surface area contributed by atoms with Crippen LogP contribution in [0, 0.1) is 0 Å². The van der Waals surface area contributed by atoms with Gasteiger partial charge in [-0.2, -0.15) is 0 Å². The number of rotatable bonds is 4. The summed E-state index contributed by atoms with van der Waals surface area (Å²) in [4.78, 5) is 10.4. The second-order valence-corrected chi connectivity index (χ2v) is 4.34. The summed E-state index contributed by atoms with van der Waals surface area (Å²) < 4.78 is 0. The lowest BCUT2D eigenvalue weighted by molar-refractivity contribution is -0.131. The molecule has 0 aliphatic heterocycles. The number of aryl methyl sites for hydroxylation is 1. The van der Waals surface area contributed by atoms with Crippen LogP contribution in [0.25, 0.3) is 17.2 Å². The van der Waals surface area contributed by atoms with Crippen LogP contribution in [0.5, 0.6) is 0 Å². The van der Waals surface area contributed by atoms with Gasteiger partial charge in [0.1, 0.15) is 0 Å². The molecule has 2 heteroatoms. The van der Waals surface area contributed by atoms with Crippen molar-refractivity contribution in [1.29, 1.82) is 0 Å². The first-order valence-electron chi connectivity index (χ1n) is 6.29. The first-order valence-corrected chi connectivity index (χ1v) is 6.29. The molecule has 0 amide bonds. The Morgan fingerprint density at radius 1 is 1.00 bits per heavy atom. The number of benzene rings is 2. The van der Waals surface area contributed by atoms with E-state index in [0.29, 0.717) is 0 Å². The van der Waals surface area contributed by atoms with Gasteiger partial charge < -0.3 is 5.11 Å². The number of aliphatic carboxylic acids is 1. The van der Waals surface area contributed by atoms with Crippen LogP contribution in [-0.4, -0.2) is 11.1 Å². The lowest BCUT2D eigenvalue weighted by Gasteiger charge is -2.03. The number of hydrogen-bond donors (Lipinski definition) is 1. The summed E-state index contributed by atoms with van der Waals surface area (Å²) >= 11 is 0.